The fourth-order valence-electron chi connectivity index (χ4n) is 4.32. The first kappa shape index (κ1) is 17.6. The van der Waals surface area contributed by atoms with Crippen LogP contribution in [0.15, 0.2) is 22.7 Å². The molecule has 0 radical (unpaired) electrons. The van der Waals surface area contributed by atoms with Crippen LogP contribution in [0, 0.1) is 0 Å². The van der Waals surface area contributed by atoms with Crippen molar-refractivity contribution in [1.29, 1.82) is 0 Å². The third kappa shape index (κ3) is 2.87. The fraction of sp³-hybridized carbons (Fsp3) is 0.550. The quantitative estimate of drug-likeness (QED) is 0.851. The van der Waals surface area contributed by atoms with Crippen LogP contribution < -0.4 is 10.2 Å². The predicted molar refractivity (Wildman–Crippen MR) is 102 cm³/mol. The number of ether oxygens (including phenoxy) is 2. The van der Waals surface area contributed by atoms with Crippen molar-refractivity contribution in [2.45, 2.75) is 50.4 Å². The van der Waals surface area contributed by atoms with Crippen molar-refractivity contribution in [3.63, 3.8) is 0 Å². The van der Waals surface area contributed by atoms with Gasteiger partial charge in [-0.1, -0.05) is 5.16 Å². The summed E-state index contributed by atoms with van der Waals surface area (Å²) in [5, 5.41) is 7.17. The van der Waals surface area contributed by atoms with Gasteiger partial charge in [-0.3, -0.25) is 4.79 Å². The van der Waals surface area contributed by atoms with Gasteiger partial charge in [0.1, 0.15) is 6.04 Å². The number of hydrogen-bond donors (Lipinski definition) is 1. The van der Waals surface area contributed by atoms with Gasteiger partial charge in [0.05, 0.1) is 24.6 Å². The van der Waals surface area contributed by atoms with Crippen molar-refractivity contribution < 1.29 is 18.8 Å². The number of benzene rings is 1. The molecule has 1 aliphatic carbocycles. The van der Waals surface area contributed by atoms with Gasteiger partial charge in [0.25, 0.3) is 5.89 Å². The first-order valence-electron chi connectivity index (χ1n) is 9.84. The van der Waals surface area contributed by atoms with Gasteiger partial charge in [-0.05, 0) is 38.0 Å². The van der Waals surface area contributed by atoms with Crippen molar-refractivity contribution in [3.8, 4) is 11.5 Å². The molecule has 0 bridgehead atoms. The Balaban J connectivity index is 1.34. The molecule has 3 aliphatic rings. The van der Waals surface area contributed by atoms with E-state index in [1.807, 2.05) is 37.1 Å². The first-order chi connectivity index (χ1) is 13.5. The molecule has 0 unspecified atom stereocenters. The number of hydrogen-bond acceptors (Lipinski definition) is 7. The van der Waals surface area contributed by atoms with Crippen LogP contribution in [0.4, 0.5) is 11.4 Å². The zero-order chi connectivity index (χ0) is 19.3. The summed E-state index contributed by atoms with van der Waals surface area (Å²) in [6.07, 6.45) is 3.55. The number of carbonyl (C=O) groups is 1. The van der Waals surface area contributed by atoms with Crippen LogP contribution in [0.5, 0.6) is 0 Å². The average Bonchev–Trinajstić information content (AvgIpc) is 3.37. The Bertz CT molecular complexity index is 895. The maximum atomic E-state index is 12.1. The van der Waals surface area contributed by atoms with Crippen LogP contribution in [0.2, 0.25) is 0 Å². The number of rotatable bonds is 2. The van der Waals surface area contributed by atoms with E-state index in [0.29, 0.717) is 19.1 Å². The van der Waals surface area contributed by atoms with Gasteiger partial charge < -0.3 is 24.2 Å². The van der Waals surface area contributed by atoms with E-state index in [2.05, 4.69) is 15.5 Å². The standard InChI is InChI=1S/C20H24N4O4/c1-12-18(25)21-15-11-14(3-4-16(15)24(12)2)19-22-17(23-28-19)13-5-7-20(8-6-13)26-9-10-27-20/h3-4,11-13H,5-10H2,1-2H3,(H,21,25)/t12-/m0/s1. The lowest BCUT2D eigenvalue weighted by Crippen LogP contribution is -2.43. The third-order valence-corrected chi connectivity index (χ3v) is 6.21. The summed E-state index contributed by atoms with van der Waals surface area (Å²) >= 11 is 0. The Labute approximate surface area is 163 Å². The van der Waals surface area contributed by atoms with Crippen LogP contribution in [-0.2, 0) is 14.3 Å². The van der Waals surface area contributed by atoms with Crippen LogP contribution in [-0.4, -0.2) is 48.1 Å². The van der Waals surface area contributed by atoms with Gasteiger partial charge in [-0.15, -0.1) is 0 Å². The van der Waals surface area contributed by atoms with E-state index in [1.165, 1.54) is 0 Å². The molecule has 28 heavy (non-hydrogen) atoms. The molecule has 8 nitrogen and oxygen atoms in total. The number of anilines is 2. The van der Waals surface area contributed by atoms with Crippen molar-refractivity contribution in [2.75, 3.05) is 30.5 Å². The molecule has 1 aromatic carbocycles. The molecule has 1 saturated heterocycles. The fourth-order valence-corrected chi connectivity index (χ4v) is 4.32. The molecule has 1 spiro atoms. The normalized spacial score (nSPS) is 24.4. The van der Waals surface area contributed by atoms with E-state index >= 15 is 0 Å². The van der Waals surface area contributed by atoms with Gasteiger partial charge in [-0.25, -0.2) is 0 Å². The summed E-state index contributed by atoms with van der Waals surface area (Å²) in [6, 6.07) is 5.62. The van der Waals surface area contributed by atoms with E-state index in [0.717, 1.165) is 48.4 Å². The third-order valence-electron chi connectivity index (χ3n) is 6.21. The minimum absolute atomic E-state index is 0.0224. The molecule has 2 aromatic rings. The Morgan fingerprint density at radius 1 is 1.21 bits per heavy atom. The van der Waals surface area contributed by atoms with E-state index in [4.69, 9.17) is 14.0 Å². The van der Waals surface area contributed by atoms with Crippen molar-refractivity contribution in [1.82, 2.24) is 10.1 Å². The summed E-state index contributed by atoms with van der Waals surface area (Å²) in [6.45, 7) is 3.24. The van der Waals surface area contributed by atoms with Crippen molar-refractivity contribution in [3.05, 3.63) is 24.0 Å². The number of nitrogens with zero attached hydrogens (tertiary/aromatic N) is 3. The molecule has 1 amide bonds. The van der Waals surface area contributed by atoms with E-state index in [9.17, 15) is 4.79 Å². The van der Waals surface area contributed by atoms with Crippen LogP contribution in [0.1, 0.15) is 44.3 Å². The molecule has 1 N–H and O–H groups in total. The molecule has 1 atom stereocenters. The van der Waals surface area contributed by atoms with Crippen LogP contribution >= 0.6 is 0 Å². The van der Waals surface area contributed by atoms with Crippen molar-refractivity contribution >= 4 is 17.3 Å². The highest BCUT2D eigenvalue weighted by Crippen LogP contribution is 2.42. The lowest BCUT2D eigenvalue weighted by molar-refractivity contribution is -0.179. The smallest absolute Gasteiger partial charge is 0.258 e. The van der Waals surface area contributed by atoms with E-state index in [1.54, 1.807) is 0 Å². The number of fused-ring (bicyclic) bond motifs is 1. The number of nitrogens with one attached hydrogen (secondary N) is 1. The Morgan fingerprint density at radius 2 is 1.96 bits per heavy atom. The monoisotopic (exact) mass is 384 g/mol. The molecule has 1 saturated carbocycles. The minimum atomic E-state index is -0.386. The number of likely N-dealkylation sites (N-methyl/N-ethyl adjacent to an activating group) is 1. The summed E-state index contributed by atoms with van der Waals surface area (Å²) in [7, 11) is 1.92. The summed E-state index contributed by atoms with van der Waals surface area (Å²) in [4.78, 5) is 18.7. The molecule has 3 heterocycles. The molecule has 5 rings (SSSR count). The zero-order valence-electron chi connectivity index (χ0n) is 16.1. The largest absolute Gasteiger partial charge is 0.361 e. The first-order valence-corrected chi connectivity index (χ1v) is 9.84. The van der Waals surface area contributed by atoms with Gasteiger partial charge in [0.15, 0.2) is 11.6 Å². The van der Waals surface area contributed by atoms with Gasteiger partial charge in [0.2, 0.25) is 5.91 Å². The molecule has 2 fully saturated rings. The SMILES string of the molecule is C[C@H]1C(=O)Nc2cc(-c3nc(C4CCC5(CC4)OCCO5)no3)ccc2N1C. The number of aromatic nitrogens is 2. The summed E-state index contributed by atoms with van der Waals surface area (Å²) in [5.41, 5.74) is 2.54. The highest BCUT2D eigenvalue weighted by molar-refractivity contribution is 6.03. The summed E-state index contributed by atoms with van der Waals surface area (Å²) in [5.74, 6) is 1.05. The van der Waals surface area contributed by atoms with Gasteiger partial charge in [-0.2, -0.15) is 4.98 Å². The molecule has 148 valence electrons. The Hall–Kier alpha value is -2.45. The highest BCUT2D eigenvalue weighted by atomic mass is 16.7. The average molecular weight is 384 g/mol. The predicted octanol–water partition coefficient (Wildman–Crippen LogP) is 2.91. The topological polar surface area (TPSA) is 89.7 Å². The zero-order valence-corrected chi connectivity index (χ0v) is 16.1. The van der Waals surface area contributed by atoms with E-state index in [-0.39, 0.29) is 23.7 Å². The molecule has 2 aliphatic heterocycles. The van der Waals surface area contributed by atoms with Crippen LogP contribution in [0.3, 0.4) is 0 Å². The molecular weight excluding hydrogens is 360 g/mol. The lowest BCUT2D eigenvalue weighted by atomic mass is 9.84. The number of carbonyl (C=O) groups excluding carboxylic acids is 1. The molecule has 8 heteroatoms. The molecule has 1 aromatic heterocycles. The Kier molecular flexibility index (Phi) is 4.13. The summed E-state index contributed by atoms with van der Waals surface area (Å²) < 4.78 is 17.1. The lowest BCUT2D eigenvalue weighted by Gasteiger charge is -2.34. The highest BCUT2D eigenvalue weighted by Gasteiger charge is 2.41. The van der Waals surface area contributed by atoms with E-state index < -0.39 is 0 Å². The van der Waals surface area contributed by atoms with Gasteiger partial charge in [0, 0.05) is 31.4 Å². The van der Waals surface area contributed by atoms with Crippen molar-refractivity contribution in [2.24, 2.45) is 0 Å². The Morgan fingerprint density at radius 3 is 2.71 bits per heavy atom. The van der Waals surface area contributed by atoms with Gasteiger partial charge >= 0.3 is 0 Å². The minimum Gasteiger partial charge on any atom is -0.361 e. The second-order valence-corrected chi connectivity index (χ2v) is 7.85. The number of amides is 1. The second kappa shape index (κ2) is 6.56. The maximum Gasteiger partial charge on any atom is 0.258 e. The second-order valence-electron chi connectivity index (χ2n) is 7.85. The van der Waals surface area contributed by atoms with Crippen LogP contribution in [0.25, 0.3) is 11.5 Å². The molecular formula is C20H24N4O4. The maximum absolute atomic E-state index is 12.1.